The summed E-state index contributed by atoms with van der Waals surface area (Å²) in [6.07, 6.45) is 0.829. The predicted molar refractivity (Wildman–Crippen MR) is 115 cm³/mol. The third-order valence-corrected chi connectivity index (χ3v) is 6.06. The van der Waals surface area contributed by atoms with Gasteiger partial charge in [-0.2, -0.15) is 0 Å². The summed E-state index contributed by atoms with van der Waals surface area (Å²) in [6.45, 7) is 4.04. The van der Waals surface area contributed by atoms with Gasteiger partial charge in [0.1, 0.15) is 23.7 Å². The Morgan fingerprint density at radius 3 is 2.42 bits per heavy atom. The van der Waals surface area contributed by atoms with Crippen molar-refractivity contribution in [3.63, 3.8) is 0 Å². The molecule has 2 amide bonds. The molecule has 31 heavy (non-hydrogen) atoms. The lowest BCUT2D eigenvalue weighted by Crippen LogP contribution is -2.59. The van der Waals surface area contributed by atoms with Gasteiger partial charge in [0.2, 0.25) is 5.91 Å². The Bertz CT molecular complexity index is 887. The molecule has 2 heterocycles. The first-order chi connectivity index (χ1) is 15.0. The number of nitrogens with one attached hydrogen (secondary N) is 1. The molecule has 1 aliphatic heterocycles. The van der Waals surface area contributed by atoms with Gasteiger partial charge in [-0.1, -0.05) is 24.3 Å². The van der Waals surface area contributed by atoms with E-state index in [4.69, 9.17) is 4.74 Å². The number of para-hydroxylation sites is 1. The molecule has 0 radical (unpaired) electrons. The molecule has 164 valence electrons. The molecule has 1 aromatic carbocycles. The van der Waals surface area contributed by atoms with Gasteiger partial charge in [-0.25, -0.2) is 0 Å². The number of aliphatic hydroxyl groups excluding tert-OH is 1. The molecule has 2 fully saturated rings. The van der Waals surface area contributed by atoms with Crippen LogP contribution in [0.2, 0.25) is 0 Å². The maximum Gasteiger partial charge on any atom is 0.270 e. The number of benzene rings is 1. The molecule has 8 heteroatoms. The van der Waals surface area contributed by atoms with Crippen LogP contribution in [0, 0.1) is 0 Å². The molecule has 1 aromatic heterocycles. The molecular formula is C23H28N4O4. The first-order valence-electron chi connectivity index (χ1n) is 10.6. The zero-order valence-corrected chi connectivity index (χ0v) is 17.6. The van der Waals surface area contributed by atoms with E-state index in [1.165, 1.54) is 0 Å². The number of carbonyl (C=O) groups excluding carboxylic acids is 2. The number of aromatic nitrogens is 1. The van der Waals surface area contributed by atoms with Crippen LogP contribution in [0.25, 0.3) is 0 Å². The highest BCUT2D eigenvalue weighted by atomic mass is 16.5. The summed E-state index contributed by atoms with van der Waals surface area (Å²) < 4.78 is 6.08. The zero-order valence-electron chi connectivity index (χ0n) is 17.6. The SMILES string of the molecule is CC(=O)N1CCN([C@@H]2[C@@H](O)[C@H](Oc3ccccc3)C[C@H]2NC(=O)c2ccccn2)CC1. The number of amides is 2. The van der Waals surface area contributed by atoms with Crippen LogP contribution in [-0.4, -0.2) is 82.2 Å². The zero-order chi connectivity index (χ0) is 21.8. The van der Waals surface area contributed by atoms with Crippen molar-refractivity contribution in [3.8, 4) is 5.75 Å². The fraction of sp³-hybridized carbons (Fsp3) is 0.435. The lowest BCUT2D eigenvalue weighted by Gasteiger charge is -2.41. The van der Waals surface area contributed by atoms with Crippen molar-refractivity contribution in [1.29, 1.82) is 0 Å². The number of rotatable bonds is 5. The smallest absolute Gasteiger partial charge is 0.270 e. The first-order valence-corrected chi connectivity index (χ1v) is 10.6. The number of pyridine rings is 1. The second kappa shape index (κ2) is 9.45. The minimum absolute atomic E-state index is 0.0527. The van der Waals surface area contributed by atoms with Crippen molar-refractivity contribution in [2.75, 3.05) is 26.2 Å². The Balaban J connectivity index is 1.51. The molecule has 1 saturated carbocycles. The van der Waals surface area contributed by atoms with Crippen LogP contribution in [0.1, 0.15) is 23.8 Å². The summed E-state index contributed by atoms with van der Waals surface area (Å²) in [4.78, 5) is 32.5. The molecule has 2 N–H and O–H groups in total. The fourth-order valence-corrected chi connectivity index (χ4v) is 4.47. The summed E-state index contributed by atoms with van der Waals surface area (Å²) in [5.74, 6) is 0.464. The lowest BCUT2D eigenvalue weighted by atomic mass is 10.1. The number of hydrogen-bond donors (Lipinski definition) is 2. The standard InChI is InChI=1S/C23H28N4O4/c1-16(28)26-11-13-27(14-12-26)21-19(25-23(30)18-9-5-6-10-24-18)15-20(22(21)29)31-17-7-3-2-4-8-17/h2-10,19-22,29H,11-15H2,1H3,(H,25,30)/t19-,20-,21+,22+/m1/s1. The van der Waals surface area contributed by atoms with Gasteiger partial charge in [-0.05, 0) is 24.3 Å². The normalized spacial score (nSPS) is 26.5. The van der Waals surface area contributed by atoms with E-state index < -0.39 is 12.2 Å². The van der Waals surface area contributed by atoms with Gasteiger partial charge in [0, 0.05) is 45.7 Å². The Kier molecular flexibility index (Phi) is 6.48. The number of ether oxygens (including phenoxy) is 1. The monoisotopic (exact) mass is 424 g/mol. The second-order valence-electron chi connectivity index (χ2n) is 8.02. The lowest BCUT2D eigenvalue weighted by molar-refractivity contribution is -0.131. The summed E-state index contributed by atoms with van der Waals surface area (Å²) in [7, 11) is 0. The van der Waals surface area contributed by atoms with Crippen molar-refractivity contribution >= 4 is 11.8 Å². The molecule has 0 spiro atoms. The van der Waals surface area contributed by atoms with Crippen LogP contribution in [-0.2, 0) is 4.79 Å². The van der Waals surface area contributed by atoms with Crippen LogP contribution in [0.5, 0.6) is 5.75 Å². The van der Waals surface area contributed by atoms with Gasteiger partial charge in [0.15, 0.2) is 0 Å². The molecule has 0 bridgehead atoms. The number of aliphatic hydroxyl groups is 1. The molecule has 1 aliphatic carbocycles. The van der Waals surface area contributed by atoms with E-state index in [-0.39, 0.29) is 23.9 Å². The molecule has 4 atom stereocenters. The van der Waals surface area contributed by atoms with E-state index in [9.17, 15) is 14.7 Å². The Morgan fingerprint density at radius 1 is 1.06 bits per heavy atom. The van der Waals surface area contributed by atoms with E-state index >= 15 is 0 Å². The number of piperazine rings is 1. The topological polar surface area (TPSA) is 95.0 Å². The molecule has 2 aromatic rings. The minimum Gasteiger partial charge on any atom is -0.488 e. The van der Waals surface area contributed by atoms with Crippen LogP contribution >= 0.6 is 0 Å². The Hall–Kier alpha value is -2.97. The van der Waals surface area contributed by atoms with E-state index in [0.717, 1.165) is 0 Å². The highest BCUT2D eigenvalue weighted by molar-refractivity contribution is 5.92. The van der Waals surface area contributed by atoms with E-state index in [2.05, 4.69) is 15.2 Å². The van der Waals surface area contributed by atoms with Crippen LogP contribution in [0.4, 0.5) is 0 Å². The van der Waals surface area contributed by atoms with Gasteiger partial charge >= 0.3 is 0 Å². The quantitative estimate of drug-likeness (QED) is 0.742. The van der Waals surface area contributed by atoms with E-state index in [1.807, 2.05) is 30.3 Å². The fourth-order valence-electron chi connectivity index (χ4n) is 4.47. The first kappa shape index (κ1) is 21.3. The van der Waals surface area contributed by atoms with Gasteiger partial charge in [0.25, 0.3) is 5.91 Å². The van der Waals surface area contributed by atoms with Crippen molar-refractivity contribution in [1.82, 2.24) is 20.1 Å². The molecule has 0 unspecified atom stereocenters. The number of carbonyl (C=O) groups is 2. The van der Waals surface area contributed by atoms with Gasteiger partial charge < -0.3 is 20.1 Å². The summed E-state index contributed by atoms with van der Waals surface area (Å²) in [6, 6.07) is 14.0. The maximum absolute atomic E-state index is 12.8. The van der Waals surface area contributed by atoms with Crippen molar-refractivity contribution in [3.05, 3.63) is 60.4 Å². The highest BCUT2D eigenvalue weighted by Gasteiger charge is 2.48. The number of hydrogen-bond acceptors (Lipinski definition) is 6. The van der Waals surface area contributed by atoms with Gasteiger partial charge in [0.05, 0.1) is 12.1 Å². The van der Waals surface area contributed by atoms with Crippen LogP contribution in [0.15, 0.2) is 54.7 Å². The third-order valence-electron chi connectivity index (χ3n) is 6.06. The molecule has 1 saturated heterocycles. The van der Waals surface area contributed by atoms with Gasteiger partial charge in [-0.15, -0.1) is 0 Å². The Labute approximate surface area is 181 Å². The van der Waals surface area contributed by atoms with E-state index in [0.29, 0.717) is 44.0 Å². The summed E-state index contributed by atoms with van der Waals surface area (Å²) >= 11 is 0. The summed E-state index contributed by atoms with van der Waals surface area (Å²) in [5, 5.41) is 14.2. The van der Waals surface area contributed by atoms with Crippen molar-refractivity contribution in [2.24, 2.45) is 0 Å². The predicted octanol–water partition coefficient (Wildman–Crippen LogP) is 0.925. The minimum atomic E-state index is -0.780. The van der Waals surface area contributed by atoms with Crippen LogP contribution in [0.3, 0.4) is 0 Å². The molecule has 4 rings (SSSR count). The summed E-state index contributed by atoms with van der Waals surface area (Å²) in [5.41, 5.74) is 0.338. The second-order valence-corrected chi connectivity index (χ2v) is 8.02. The average molecular weight is 425 g/mol. The maximum atomic E-state index is 12.8. The van der Waals surface area contributed by atoms with Crippen molar-refractivity contribution in [2.45, 2.75) is 37.6 Å². The van der Waals surface area contributed by atoms with Gasteiger partial charge in [-0.3, -0.25) is 19.5 Å². The third kappa shape index (κ3) is 4.86. The number of nitrogens with zero attached hydrogens (tertiary/aromatic N) is 3. The molecule has 2 aliphatic rings. The van der Waals surface area contributed by atoms with E-state index in [1.54, 1.807) is 36.2 Å². The highest BCUT2D eigenvalue weighted by Crippen LogP contribution is 2.30. The molecular weight excluding hydrogens is 396 g/mol. The van der Waals surface area contributed by atoms with Crippen LogP contribution < -0.4 is 10.1 Å². The largest absolute Gasteiger partial charge is 0.488 e. The Morgan fingerprint density at radius 2 is 1.77 bits per heavy atom. The molecule has 8 nitrogen and oxygen atoms in total. The van der Waals surface area contributed by atoms with Crippen molar-refractivity contribution < 1.29 is 19.4 Å². The average Bonchev–Trinajstić information content (AvgIpc) is 3.09.